The third-order valence-corrected chi connectivity index (χ3v) is 3.75. The Labute approximate surface area is 75.3 Å². The maximum Gasteiger partial charge on any atom is 0.360 e. The summed E-state index contributed by atoms with van der Waals surface area (Å²) in [5, 5.41) is 9.50. The summed E-state index contributed by atoms with van der Waals surface area (Å²) in [5.41, 5.74) is 0. The molecule has 0 amide bonds. The average molecular weight is 185 g/mol. The maximum atomic E-state index is 10.6. The third kappa shape index (κ3) is 1.35. The minimum atomic E-state index is -0.852. The van der Waals surface area contributed by atoms with Gasteiger partial charge in [-0.05, 0) is 12.8 Å². The zero-order valence-corrected chi connectivity index (χ0v) is 7.51. The topological polar surface area (TPSA) is 49.7 Å². The van der Waals surface area contributed by atoms with Gasteiger partial charge in [0.1, 0.15) is 0 Å². The largest absolute Gasteiger partial charge is 0.476 e. The second kappa shape index (κ2) is 3.09. The van der Waals surface area contributed by atoms with Crippen molar-refractivity contribution < 1.29 is 9.90 Å². The number of hydrogen-bond donors (Lipinski definition) is 1. The van der Waals surface area contributed by atoms with E-state index in [4.69, 9.17) is 5.11 Å². The maximum absolute atomic E-state index is 10.6. The molecule has 0 saturated heterocycles. The number of hydrogen-bond acceptors (Lipinski definition) is 3. The van der Waals surface area contributed by atoms with Crippen LogP contribution in [0.2, 0.25) is 0 Å². The van der Waals surface area contributed by atoms with Crippen LogP contribution >= 0.6 is 11.8 Å². The van der Waals surface area contributed by atoms with Crippen LogP contribution in [0.1, 0.15) is 25.7 Å². The van der Waals surface area contributed by atoms with E-state index in [9.17, 15) is 4.79 Å². The molecule has 0 aromatic carbocycles. The molecule has 0 radical (unpaired) electrons. The number of nitrogens with zero attached hydrogens (tertiary/aromatic N) is 1. The molecule has 1 aliphatic carbocycles. The lowest BCUT2D eigenvalue weighted by Gasteiger charge is -2.21. The lowest BCUT2D eigenvalue weighted by molar-refractivity contribution is -0.129. The molecule has 1 fully saturated rings. The molecule has 0 aromatic heterocycles. The van der Waals surface area contributed by atoms with Crippen LogP contribution in [0.15, 0.2) is 4.99 Å². The van der Waals surface area contributed by atoms with E-state index in [0.717, 1.165) is 12.8 Å². The van der Waals surface area contributed by atoms with Crippen LogP contribution in [0.3, 0.4) is 0 Å². The molecular formula is C8H11NO2S. The molecular weight excluding hydrogens is 174 g/mol. The summed E-state index contributed by atoms with van der Waals surface area (Å²) in [6.45, 7) is 0. The van der Waals surface area contributed by atoms with E-state index in [-0.39, 0.29) is 0 Å². The van der Waals surface area contributed by atoms with Crippen molar-refractivity contribution in [3.8, 4) is 0 Å². The summed E-state index contributed by atoms with van der Waals surface area (Å²) in [6, 6.07) is 0.301. The zero-order chi connectivity index (χ0) is 8.55. The first kappa shape index (κ1) is 8.10. The van der Waals surface area contributed by atoms with E-state index >= 15 is 0 Å². The van der Waals surface area contributed by atoms with Gasteiger partial charge in [0, 0.05) is 5.25 Å². The van der Waals surface area contributed by atoms with Crippen LogP contribution in [0.25, 0.3) is 0 Å². The summed E-state index contributed by atoms with van der Waals surface area (Å²) in [7, 11) is 0. The lowest BCUT2D eigenvalue weighted by atomic mass is 9.95. The number of carboxylic acid groups (broad SMARTS) is 1. The molecule has 0 spiro atoms. The Morgan fingerprint density at radius 3 is 2.92 bits per heavy atom. The van der Waals surface area contributed by atoms with Crippen molar-refractivity contribution in [1.29, 1.82) is 0 Å². The van der Waals surface area contributed by atoms with Crippen molar-refractivity contribution in [3.63, 3.8) is 0 Å². The monoisotopic (exact) mass is 185 g/mol. The van der Waals surface area contributed by atoms with Gasteiger partial charge in [0.2, 0.25) is 0 Å². The first-order chi connectivity index (χ1) is 5.77. The van der Waals surface area contributed by atoms with E-state index in [1.807, 2.05) is 0 Å². The van der Waals surface area contributed by atoms with Crippen molar-refractivity contribution in [2.24, 2.45) is 4.99 Å². The highest BCUT2D eigenvalue weighted by atomic mass is 32.2. The minimum Gasteiger partial charge on any atom is -0.476 e. The van der Waals surface area contributed by atoms with Gasteiger partial charge in [-0.25, -0.2) is 4.79 Å². The molecule has 1 aliphatic heterocycles. The van der Waals surface area contributed by atoms with Gasteiger partial charge in [-0.3, -0.25) is 4.99 Å². The Kier molecular flexibility index (Phi) is 2.09. The van der Waals surface area contributed by atoms with Gasteiger partial charge in [-0.1, -0.05) is 24.6 Å². The van der Waals surface area contributed by atoms with E-state index < -0.39 is 5.97 Å². The number of aliphatic carboxylic acids is 1. The predicted octanol–water partition coefficient (Wildman–Crippen LogP) is 1.53. The van der Waals surface area contributed by atoms with E-state index in [0.29, 0.717) is 16.3 Å². The molecule has 1 saturated carbocycles. The molecule has 3 nitrogen and oxygen atoms in total. The van der Waals surface area contributed by atoms with Gasteiger partial charge < -0.3 is 5.11 Å². The Morgan fingerprint density at radius 2 is 2.25 bits per heavy atom. The highest BCUT2D eigenvalue weighted by Crippen LogP contribution is 2.36. The zero-order valence-electron chi connectivity index (χ0n) is 6.69. The molecule has 1 heterocycles. The standard InChI is InChI=1S/C8H11NO2S/c10-8(11)7-9-5-3-1-2-4-6(5)12-7/h5-6H,1-4H2,(H,10,11). The first-order valence-electron chi connectivity index (χ1n) is 4.25. The van der Waals surface area contributed by atoms with Crippen molar-refractivity contribution in [2.75, 3.05) is 0 Å². The van der Waals surface area contributed by atoms with Crippen LogP contribution < -0.4 is 0 Å². The SMILES string of the molecule is O=C(O)C1=NC2CCCCC2S1. The Bertz CT molecular complexity index is 239. The molecule has 4 heteroatoms. The van der Waals surface area contributed by atoms with Gasteiger partial charge in [0.05, 0.1) is 6.04 Å². The third-order valence-electron chi connectivity index (χ3n) is 2.40. The van der Waals surface area contributed by atoms with Crippen LogP contribution in [0, 0.1) is 0 Å². The molecule has 0 bridgehead atoms. The molecule has 2 rings (SSSR count). The van der Waals surface area contributed by atoms with E-state index in [1.165, 1.54) is 24.6 Å². The lowest BCUT2D eigenvalue weighted by Crippen LogP contribution is -2.21. The van der Waals surface area contributed by atoms with E-state index in [1.54, 1.807) is 0 Å². The van der Waals surface area contributed by atoms with Crippen molar-refractivity contribution in [1.82, 2.24) is 0 Å². The second-order valence-electron chi connectivity index (χ2n) is 3.25. The molecule has 0 aromatic rings. The van der Waals surface area contributed by atoms with E-state index in [2.05, 4.69) is 4.99 Å². The van der Waals surface area contributed by atoms with Gasteiger partial charge in [0.15, 0.2) is 5.04 Å². The van der Waals surface area contributed by atoms with Gasteiger partial charge in [0.25, 0.3) is 0 Å². The predicted molar refractivity (Wildman–Crippen MR) is 48.7 cm³/mol. The summed E-state index contributed by atoms with van der Waals surface area (Å²) in [5.74, 6) is -0.852. The molecule has 66 valence electrons. The molecule has 12 heavy (non-hydrogen) atoms. The Morgan fingerprint density at radius 1 is 1.50 bits per heavy atom. The molecule has 2 aliphatic rings. The summed E-state index contributed by atoms with van der Waals surface area (Å²) < 4.78 is 0. The summed E-state index contributed by atoms with van der Waals surface area (Å²) in [6.07, 6.45) is 4.65. The van der Waals surface area contributed by atoms with Crippen LogP contribution in [-0.4, -0.2) is 27.4 Å². The summed E-state index contributed by atoms with van der Waals surface area (Å²) >= 11 is 1.45. The molecule has 1 N–H and O–H groups in total. The normalized spacial score (nSPS) is 34.2. The molecule has 2 unspecified atom stereocenters. The Balaban J connectivity index is 2.09. The van der Waals surface area contributed by atoms with Crippen LogP contribution in [-0.2, 0) is 4.79 Å². The van der Waals surface area contributed by atoms with Crippen molar-refractivity contribution in [2.45, 2.75) is 37.0 Å². The van der Waals surface area contributed by atoms with Gasteiger partial charge in [-0.2, -0.15) is 0 Å². The number of rotatable bonds is 1. The first-order valence-corrected chi connectivity index (χ1v) is 5.13. The average Bonchev–Trinajstić information content (AvgIpc) is 2.46. The number of aliphatic imine (C=N–C) groups is 1. The number of carboxylic acids is 1. The van der Waals surface area contributed by atoms with Gasteiger partial charge in [-0.15, -0.1) is 0 Å². The Hall–Kier alpha value is -0.510. The number of carbonyl (C=O) groups is 1. The highest BCUT2D eigenvalue weighted by molar-refractivity contribution is 8.16. The smallest absolute Gasteiger partial charge is 0.360 e. The highest BCUT2D eigenvalue weighted by Gasteiger charge is 2.34. The van der Waals surface area contributed by atoms with Crippen LogP contribution in [0.4, 0.5) is 0 Å². The van der Waals surface area contributed by atoms with Crippen molar-refractivity contribution >= 4 is 22.8 Å². The number of fused-ring (bicyclic) bond motifs is 1. The quantitative estimate of drug-likeness (QED) is 0.674. The molecule has 2 atom stereocenters. The number of thioether (sulfide) groups is 1. The second-order valence-corrected chi connectivity index (χ2v) is 4.48. The fraction of sp³-hybridized carbons (Fsp3) is 0.750. The minimum absolute atomic E-state index is 0.301. The van der Waals surface area contributed by atoms with Crippen molar-refractivity contribution in [3.05, 3.63) is 0 Å². The fourth-order valence-corrected chi connectivity index (χ4v) is 3.01. The van der Waals surface area contributed by atoms with Crippen LogP contribution in [0.5, 0.6) is 0 Å². The van der Waals surface area contributed by atoms with Gasteiger partial charge >= 0.3 is 5.97 Å². The summed E-state index contributed by atoms with van der Waals surface area (Å²) in [4.78, 5) is 14.8. The fourth-order valence-electron chi connectivity index (χ4n) is 1.79.